The zero-order valence-corrected chi connectivity index (χ0v) is 15.2. The first-order valence-corrected chi connectivity index (χ1v) is 10.2. The van der Waals surface area contributed by atoms with Crippen LogP contribution < -0.4 is 0 Å². The molecule has 0 amide bonds. The van der Waals surface area contributed by atoms with E-state index in [1.54, 1.807) is 11.8 Å². The van der Waals surface area contributed by atoms with E-state index in [-0.39, 0.29) is 0 Å². The maximum atomic E-state index is 4.52. The van der Waals surface area contributed by atoms with Gasteiger partial charge in [-0.25, -0.2) is 9.97 Å². The highest BCUT2D eigenvalue weighted by Gasteiger charge is 2.28. The Kier molecular flexibility index (Phi) is 6.72. The van der Waals surface area contributed by atoms with Crippen LogP contribution in [-0.4, -0.2) is 57.7 Å². The molecule has 0 aliphatic carbocycles. The Labute approximate surface area is 145 Å². The van der Waals surface area contributed by atoms with Crippen LogP contribution in [0.3, 0.4) is 0 Å². The number of hydrogen-bond donors (Lipinski definition) is 0. The SMILES string of the molecule is CCCCSc1ncc(CN2CCC(N3CCCCC3)C2)cn1. The van der Waals surface area contributed by atoms with E-state index >= 15 is 0 Å². The van der Waals surface area contributed by atoms with Crippen LogP contribution in [0.4, 0.5) is 0 Å². The van der Waals surface area contributed by atoms with Gasteiger partial charge in [-0.3, -0.25) is 9.80 Å². The fourth-order valence-corrected chi connectivity index (χ4v) is 4.47. The molecule has 1 unspecified atom stereocenters. The summed E-state index contributed by atoms with van der Waals surface area (Å²) in [7, 11) is 0. The topological polar surface area (TPSA) is 32.3 Å². The second-order valence-corrected chi connectivity index (χ2v) is 7.91. The smallest absolute Gasteiger partial charge is 0.187 e. The number of thioether (sulfide) groups is 1. The van der Waals surface area contributed by atoms with Crippen molar-refractivity contribution < 1.29 is 0 Å². The van der Waals surface area contributed by atoms with Crippen LogP contribution in [0, 0.1) is 0 Å². The minimum Gasteiger partial charge on any atom is -0.299 e. The molecule has 0 aromatic carbocycles. The van der Waals surface area contributed by atoms with Crippen molar-refractivity contribution in [2.75, 3.05) is 31.9 Å². The van der Waals surface area contributed by atoms with Crippen molar-refractivity contribution in [2.45, 2.75) is 63.2 Å². The Hall–Kier alpha value is -0.650. The molecule has 2 saturated heterocycles. The van der Waals surface area contributed by atoms with Gasteiger partial charge in [0.05, 0.1) is 0 Å². The molecule has 0 N–H and O–H groups in total. The summed E-state index contributed by atoms with van der Waals surface area (Å²) >= 11 is 1.77. The molecule has 2 aliphatic rings. The molecule has 5 heteroatoms. The quantitative estimate of drug-likeness (QED) is 0.433. The zero-order valence-electron chi connectivity index (χ0n) is 14.4. The number of aromatic nitrogens is 2. The van der Waals surface area contributed by atoms with Gasteiger partial charge < -0.3 is 0 Å². The molecule has 0 radical (unpaired) electrons. The first-order chi connectivity index (χ1) is 11.3. The number of nitrogens with zero attached hydrogens (tertiary/aromatic N) is 4. The van der Waals surface area contributed by atoms with Gasteiger partial charge >= 0.3 is 0 Å². The monoisotopic (exact) mass is 334 g/mol. The van der Waals surface area contributed by atoms with Gasteiger partial charge in [0, 0.05) is 49.4 Å². The first kappa shape index (κ1) is 17.2. The maximum Gasteiger partial charge on any atom is 0.187 e. The van der Waals surface area contributed by atoms with E-state index in [0.29, 0.717) is 0 Å². The number of piperidine rings is 1. The van der Waals surface area contributed by atoms with E-state index in [9.17, 15) is 0 Å². The van der Waals surface area contributed by atoms with E-state index in [0.717, 1.165) is 23.5 Å². The average Bonchev–Trinajstić information content (AvgIpc) is 3.06. The molecule has 23 heavy (non-hydrogen) atoms. The standard InChI is InChI=1S/C18H30N4S/c1-2-3-11-23-18-19-12-16(13-20-18)14-21-10-7-17(15-21)22-8-5-4-6-9-22/h12-13,17H,2-11,14-15H2,1H3. The second kappa shape index (κ2) is 9.00. The first-order valence-electron chi connectivity index (χ1n) is 9.25. The van der Waals surface area contributed by atoms with Crippen molar-refractivity contribution in [3.05, 3.63) is 18.0 Å². The van der Waals surface area contributed by atoms with Crippen molar-refractivity contribution in [3.8, 4) is 0 Å². The summed E-state index contributed by atoms with van der Waals surface area (Å²) in [4.78, 5) is 14.3. The van der Waals surface area contributed by atoms with Crippen LogP contribution in [0.2, 0.25) is 0 Å². The fourth-order valence-electron chi connectivity index (χ4n) is 3.60. The summed E-state index contributed by atoms with van der Waals surface area (Å²) < 4.78 is 0. The van der Waals surface area contributed by atoms with Gasteiger partial charge in [0.2, 0.25) is 0 Å². The number of hydrogen-bond acceptors (Lipinski definition) is 5. The Bertz CT molecular complexity index is 459. The lowest BCUT2D eigenvalue weighted by Gasteiger charge is -2.32. The fraction of sp³-hybridized carbons (Fsp3) is 0.778. The van der Waals surface area contributed by atoms with Crippen molar-refractivity contribution in [1.29, 1.82) is 0 Å². The third-order valence-corrected chi connectivity index (χ3v) is 5.93. The molecule has 1 atom stereocenters. The Morgan fingerprint density at radius 1 is 1.13 bits per heavy atom. The molecular weight excluding hydrogens is 304 g/mol. The van der Waals surface area contributed by atoms with Gasteiger partial charge in [0.1, 0.15) is 0 Å². The van der Waals surface area contributed by atoms with Crippen molar-refractivity contribution in [2.24, 2.45) is 0 Å². The molecule has 1 aromatic rings. The molecular formula is C18H30N4S. The Morgan fingerprint density at radius 3 is 2.65 bits per heavy atom. The normalized spacial score (nSPS) is 23.4. The lowest BCUT2D eigenvalue weighted by molar-refractivity contribution is 0.161. The minimum atomic E-state index is 0.778. The minimum absolute atomic E-state index is 0.778. The third kappa shape index (κ3) is 5.16. The molecule has 0 saturated carbocycles. The Balaban J connectivity index is 1.44. The average molecular weight is 335 g/mol. The van der Waals surface area contributed by atoms with E-state index in [1.165, 1.54) is 70.3 Å². The molecule has 1 aromatic heterocycles. The molecule has 4 nitrogen and oxygen atoms in total. The Morgan fingerprint density at radius 2 is 1.91 bits per heavy atom. The van der Waals surface area contributed by atoms with Gasteiger partial charge in [-0.15, -0.1) is 0 Å². The number of rotatable bonds is 7. The van der Waals surface area contributed by atoms with Crippen LogP contribution in [0.1, 0.15) is 51.0 Å². The number of likely N-dealkylation sites (tertiary alicyclic amines) is 2. The summed E-state index contributed by atoms with van der Waals surface area (Å²) in [5, 5.41) is 0.926. The van der Waals surface area contributed by atoms with E-state index in [4.69, 9.17) is 0 Å². The van der Waals surface area contributed by atoms with Gasteiger partial charge in [-0.2, -0.15) is 0 Å². The van der Waals surface area contributed by atoms with E-state index in [1.807, 2.05) is 12.4 Å². The van der Waals surface area contributed by atoms with Crippen molar-refractivity contribution >= 4 is 11.8 Å². The summed E-state index contributed by atoms with van der Waals surface area (Å²) in [6, 6.07) is 0.778. The highest BCUT2D eigenvalue weighted by Crippen LogP contribution is 2.21. The van der Waals surface area contributed by atoms with Crippen molar-refractivity contribution in [1.82, 2.24) is 19.8 Å². The summed E-state index contributed by atoms with van der Waals surface area (Å²) in [5.74, 6) is 1.12. The van der Waals surface area contributed by atoms with E-state index in [2.05, 4.69) is 26.7 Å². The molecule has 2 fully saturated rings. The molecule has 3 rings (SSSR count). The van der Waals surface area contributed by atoms with Gasteiger partial charge in [0.25, 0.3) is 0 Å². The lowest BCUT2D eigenvalue weighted by Crippen LogP contribution is -2.40. The predicted molar refractivity (Wildman–Crippen MR) is 96.8 cm³/mol. The summed E-state index contributed by atoms with van der Waals surface area (Å²) in [5.41, 5.74) is 1.25. The second-order valence-electron chi connectivity index (χ2n) is 6.85. The van der Waals surface area contributed by atoms with Gasteiger partial charge in [-0.05, 0) is 38.8 Å². The predicted octanol–water partition coefficient (Wildman–Crippen LogP) is 3.43. The van der Waals surface area contributed by atoms with Crippen molar-refractivity contribution in [3.63, 3.8) is 0 Å². The summed E-state index contributed by atoms with van der Waals surface area (Å²) in [6.07, 6.45) is 12.0. The lowest BCUT2D eigenvalue weighted by atomic mass is 10.1. The van der Waals surface area contributed by atoms with Crippen LogP contribution in [0.5, 0.6) is 0 Å². The largest absolute Gasteiger partial charge is 0.299 e. The molecule has 2 aliphatic heterocycles. The zero-order chi connectivity index (χ0) is 15.9. The number of unbranched alkanes of at least 4 members (excludes halogenated alkanes) is 1. The summed E-state index contributed by atoms with van der Waals surface area (Å²) in [6.45, 7) is 8.28. The molecule has 128 valence electrons. The van der Waals surface area contributed by atoms with Crippen LogP contribution in [-0.2, 0) is 6.54 Å². The highest BCUT2D eigenvalue weighted by atomic mass is 32.2. The molecule has 0 bridgehead atoms. The van der Waals surface area contributed by atoms with Crippen LogP contribution in [0.25, 0.3) is 0 Å². The molecule has 0 spiro atoms. The molecule has 3 heterocycles. The highest BCUT2D eigenvalue weighted by molar-refractivity contribution is 7.99. The van der Waals surface area contributed by atoms with Crippen LogP contribution in [0.15, 0.2) is 17.6 Å². The van der Waals surface area contributed by atoms with Gasteiger partial charge in [-0.1, -0.05) is 31.5 Å². The van der Waals surface area contributed by atoms with Gasteiger partial charge in [0.15, 0.2) is 5.16 Å². The van der Waals surface area contributed by atoms with E-state index < -0.39 is 0 Å². The van der Waals surface area contributed by atoms with Crippen LogP contribution >= 0.6 is 11.8 Å². The maximum absolute atomic E-state index is 4.52. The third-order valence-electron chi connectivity index (χ3n) is 4.97.